The summed E-state index contributed by atoms with van der Waals surface area (Å²) in [5.41, 5.74) is 1.26. The maximum absolute atomic E-state index is 12.1. The van der Waals surface area contributed by atoms with Gasteiger partial charge in [-0.25, -0.2) is 4.79 Å². The van der Waals surface area contributed by atoms with E-state index in [1.165, 1.54) is 25.5 Å². The van der Waals surface area contributed by atoms with Crippen LogP contribution in [0.1, 0.15) is 18.4 Å². The highest BCUT2D eigenvalue weighted by Crippen LogP contribution is 2.21. The van der Waals surface area contributed by atoms with Gasteiger partial charge >= 0.3 is 6.09 Å². The van der Waals surface area contributed by atoms with E-state index in [0.717, 1.165) is 26.2 Å². The number of aliphatic hydroxyl groups is 1. The maximum atomic E-state index is 12.1. The van der Waals surface area contributed by atoms with Crippen molar-refractivity contribution in [3.8, 4) is 0 Å². The molecular formula is C19H29N3O3. The molecule has 3 rings (SSSR count). The van der Waals surface area contributed by atoms with Crippen LogP contribution in [0.4, 0.5) is 4.79 Å². The monoisotopic (exact) mass is 347 g/mol. The van der Waals surface area contributed by atoms with Gasteiger partial charge in [0, 0.05) is 32.2 Å². The van der Waals surface area contributed by atoms with E-state index in [2.05, 4.69) is 34.1 Å². The topological polar surface area (TPSA) is 56.2 Å². The predicted octanol–water partition coefficient (Wildman–Crippen LogP) is 1.40. The van der Waals surface area contributed by atoms with Crippen LogP contribution in [0.25, 0.3) is 0 Å². The summed E-state index contributed by atoms with van der Waals surface area (Å²) < 4.78 is 4.94. The van der Waals surface area contributed by atoms with Crippen LogP contribution in [0.3, 0.4) is 0 Å². The second-order valence-electron chi connectivity index (χ2n) is 7.04. The zero-order valence-electron chi connectivity index (χ0n) is 15.0. The molecule has 1 aromatic carbocycles. The van der Waals surface area contributed by atoms with Gasteiger partial charge in [0.2, 0.25) is 0 Å². The van der Waals surface area contributed by atoms with E-state index < -0.39 is 0 Å². The highest BCUT2D eigenvalue weighted by Gasteiger charge is 2.37. The Morgan fingerprint density at radius 1 is 1.16 bits per heavy atom. The number of ether oxygens (including phenoxy) is 1. The summed E-state index contributed by atoms with van der Waals surface area (Å²) >= 11 is 0. The van der Waals surface area contributed by atoms with E-state index in [9.17, 15) is 9.90 Å². The molecule has 0 spiro atoms. The molecule has 1 N–H and O–H groups in total. The van der Waals surface area contributed by atoms with E-state index in [-0.39, 0.29) is 24.8 Å². The Hall–Kier alpha value is -1.63. The van der Waals surface area contributed by atoms with Gasteiger partial charge in [0.1, 0.15) is 0 Å². The molecular weight excluding hydrogens is 318 g/mol. The molecule has 1 aromatic rings. The molecule has 0 saturated carbocycles. The quantitative estimate of drug-likeness (QED) is 0.872. The summed E-state index contributed by atoms with van der Waals surface area (Å²) in [6.07, 6.45) is 2.17. The van der Waals surface area contributed by atoms with Gasteiger partial charge in [-0.1, -0.05) is 30.3 Å². The zero-order valence-corrected chi connectivity index (χ0v) is 15.0. The number of benzene rings is 1. The fourth-order valence-corrected chi connectivity index (χ4v) is 3.96. The minimum Gasteiger partial charge on any atom is -0.453 e. The number of likely N-dealkylation sites (tertiary alicyclic amines) is 1. The Morgan fingerprint density at radius 2 is 1.88 bits per heavy atom. The summed E-state index contributed by atoms with van der Waals surface area (Å²) in [6, 6.07) is 10.4. The molecule has 2 aliphatic heterocycles. The van der Waals surface area contributed by atoms with Crippen molar-refractivity contribution in [1.82, 2.24) is 14.7 Å². The highest BCUT2D eigenvalue weighted by molar-refractivity contribution is 5.68. The summed E-state index contributed by atoms with van der Waals surface area (Å²) in [4.78, 5) is 18.7. The number of nitrogens with zero attached hydrogens (tertiary/aromatic N) is 3. The second-order valence-corrected chi connectivity index (χ2v) is 7.04. The lowest BCUT2D eigenvalue weighted by molar-refractivity contribution is -0.00650. The van der Waals surface area contributed by atoms with Crippen LogP contribution < -0.4 is 0 Å². The average Bonchev–Trinajstić information content (AvgIpc) is 3.16. The minimum absolute atomic E-state index is 0.0448. The number of aliphatic hydroxyl groups excluding tert-OH is 1. The number of carbonyl (C=O) groups is 1. The van der Waals surface area contributed by atoms with E-state index >= 15 is 0 Å². The fourth-order valence-electron chi connectivity index (χ4n) is 3.96. The third-order valence-corrected chi connectivity index (χ3v) is 5.33. The first kappa shape index (κ1) is 18.2. The van der Waals surface area contributed by atoms with Gasteiger partial charge in [0.05, 0.1) is 19.8 Å². The molecule has 2 aliphatic rings. The Kier molecular flexibility index (Phi) is 6.29. The standard InChI is InChI=1S/C19H29N3O3/c1-25-19(24)22-14-17(12-20-9-5-6-10-20)21(13-18(22)15-23)11-16-7-3-2-4-8-16/h2-4,7-8,17-18,23H,5-6,9-15H2,1H3/t17-,18+/m1/s1. The van der Waals surface area contributed by atoms with Crippen LogP contribution in [0.2, 0.25) is 0 Å². The van der Waals surface area contributed by atoms with Crippen LogP contribution in [-0.2, 0) is 11.3 Å². The third kappa shape index (κ3) is 4.51. The van der Waals surface area contributed by atoms with Crippen molar-refractivity contribution in [1.29, 1.82) is 0 Å². The lowest BCUT2D eigenvalue weighted by atomic mass is 10.0. The number of amides is 1. The summed E-state index contributed by atoms with van der Waals surface area (Å²) in [6.45, 7) is 5.29. The van der Waals surface area contributed by atoms with Crippen molar-refractivity contribution in [2.75, 3.05) is 46.4 Å². The van der Waals surface area contributed by atoms with Crippen molar-refractivity contribution in [3.63, 3.8) is 0 Å². The maximum Gasteiger partial charge on any atom is 0.409 e. The molecule has 2 saturated heterocycles. The Morgan fingerprint density at radius 3 is 2.52 bits per heavy atom. The molecule has 138 valence electrons. The van der Waals surface area contributed by atoms with Gasteiger partial charge < -0.3 is 19.6 Å². The molecule has 2 atom stereocenters. The molecule has 1 amide bonds. The van der Waals surface area contributed by atoms with Gasteiger partial charge in [-0.15, -0.1) is 0 Å². The van der Waals surface area contributed by atoms with Crippen LogP contribution in [0.5, 0.6) is 0 Å². The van der Waals surface area contributed by atoms with Crippen LogP contribution >= 0.6 is 0 Å². The van der Waals surface area contributed by atoms with Crippen LogP contribution in [-0.4, -0.2) is 84.4 Å². The predicted molar refractivity (Wildman–Crippen MR) is 96.3 cm³/mol. The number of piperazine rings is 1. The number of carbonyl (C=O) groups excluding carboxylic acids is 1. The number of hydrogen-bond donors (Lipinski definition) is 1. The lowest BCUT2D eigenvalue weighted by Gasteiger charge is -2.46. The van der Waals surface area contributed by atoms with Crippen molar-refractivity contribution >= 4 is 6.09 Å². The lowest BCUT2D eigenvalue weighted by Crippen LogP contribution is -2.62. The Bertz CT molecular complexity index is 548. The molecule has 2 heterocycles. The van der Waals surface area contributed by atoms with E-state index in [1.807, 2.05) is 6.07 Å². The number of rotatable bonds is 5. The summed E-state index contributed by atoms with van der Waals surface area (Å²) in [5, 5.41) is 9.77. The Balaban J connectivity index is 1.75. The van der Waals surface area contributed by atoms with Gasteiger partial charge in [-0.2, -0.15) is 0 Å². The van der Waals surface area contributed by atoms with Crippen molar-refractivity contribution in [2.45, 2.75) is 31.5 Å². The van der Waals surface area contributed by atoms with Gasteiger partial charge in [0.25, 0.3) is 0 Å². The summed E-state index contributed by atoms with van der Waals surface area (Å²) in [7, 11) is 1.41. The average molecular weight is 347 g/mol. The fraction of sp³-hybridized carbons (Fsp3) is 0.632. The van der Waals surface area contributed by atoms with Gasteiger partial charge in [-0.3, -0.25) is 4.90 Å². The normalized spacial score (nSPS) is 25.3. The van der Waals surface area contributed by atoms with E-state index in [0.29, 0.717) is 13.1 Å². The number of hydrogen-bond acceptors (Lipinski definition) is 5. The Labute approximate surface area is 150 Å². The molecule has 25 heavy (non-hydrogen) atoms. The summed E-state index contributed by atoms with van der Waals surface area (Å²) in [5.74, 6) is 0. The van der Waals surface area contributed by atoms with Gasteiger partial charge in [0.15, 0.2) is 0 Å². The van der Waals surface area contributed by atoms with E-state index in [1.54, 1.807) is 4.90 Å². The van der Waals surface area contributed by atoms with Gasteiger partial charge in [-0.05, 0) is 31.5 Å². The van der Waals surface area contributed by atoms with Crippen molar-refractivity contribution < 1.29 is 14.6 Å². The third-order valence-electron chi connectivity index (χ3n) is 5.33. The largest absolute Gasteiger partial charge is 0.453 e. The molecule has 0 unspecified atom stereocenters. The first-order valence-electron chi connectivity index (χ1n) is 9.17. The first-order valence-corrected chi connectivity index (χ1v) is 9.17. The van der Waals surface area contributed by atoms with Crippen LogP contribution in [0.15, 0.2) is 30.3 Å². The van der Waals surface area contributed by atoms with Crippen LogP contribution in [0, 0.1) is 0 Å². The smallest absolute Gasteiger partial charge is 0.409 e. The molecule has 0 aliphatic carbocycles. The number of methoxy groups -OCH3 is 1. The molecule has 0 bridgehead atoms. The van der Waals surface area contributed by atoms with E-state index in [4.69, 9.17) is 4.74 Å². The molecule has 0 radical (unpaired) electrons. The first-order chi connectivity index (χ1) is 12.2. The second kappa shape index (κ2) is 8.65. The van der Waals surface area contributed by atoms with Crippen molar-refractivity contribution in [3.05, 3.63) is 35.9 Å². The molecule has 0 aromatic heterocycles. The molecule has 2 fully saturated rings. The highest BCUT2D eigenvalue weighted by atomic mass is 16.5. The minimum atomic E-state index is -0.343. The SMILES string of the molecule is COC(=O)N1C[C@@H](CN2CCCC2)N(Cc2ccccc2)C[C@H]1CO. The van der Waals surface area contributed by atoms with Crippen molar-refractivity contribution in [2.24, 2.45) is 0 Å². The molecule has 6 nitrogen and oxygen atoms in total. The zero-order chi connectivity index (χ0) is 17.6. The molecule has 6 heteroatoms.